The molecule has 1 aromatic heterocycles. The topological polar surface area (TPSA) is 91.6 Å². The van der Waals surface area contributed by atoms with Gasteiger partial charge >= 0.3 is 0 Å². The molecule has 3 aromatic rings. The minimum absolute atomic E-state index is 0.0217. The minimum atomic E-state index is -0.433. The number of carbonyl (C=O) groups is 1. The molecule has 0 bridgehead atoms. The first kappa shape index (κ1) is 18.5. The van der Waals surface area contributed by atoms with E-state index >= 15 is 0 Å². The number of ether oxygens (including phenoxy) is 2. The van der Waals surface area contributed by atoms with Crippen LogP contribution in [0.3, 0.4) is 0 Å². The summed E-state index contributed by atoms with van der Waals surface area (Å²) in [6.07, 6.45) is 0. The largest absolute Gasteiger partial charge is 0.486 e. The minimum Gasteiger partial charge on any atom is -0.486 e. The maximum absolute atomic E-state index is 12.5. The summed E-state index contributed by atoms with van der Waals surface area (Å²) in [5.74, 6) is 1.44. The first-order chi connectivity index (χ1) is 13.6. The van der Waals surface area contributed by atoms with Crippen LogP contribution in [0.1, 0.15) is 10.4 Å². The third-order valence-electron chi connectivity index (χ3n) is 4.03. The zero-order valence-electron chi connectivity index (χ0n) is 14.5. The number of aromatic nitrogens is 1. The quantitative estimate of drug-likeness (QED) is 0.254. The molecule has 0 saturated heterocycles. The van der Waals surface area contributed by atoms with Gasteiger partial charge in [-0.25, -0.2) is 4.98 Å². The van der Waals surface area contributed by atoms with Gasteiger partial charge in [-0.15, -0.1) is 11.3 Å². The van der Waals surface area contributed by atoms with Gasteiger partial charge in [0.1, 0.15) is 13.2 Å². The fraction of sp³-hybridized carbons (Fsp3) is 0.158. The molecule has 0 radical (unpaired) electrons. The van der Waals surface area contributed by atoms with Crippen LogP contribution >= 0.6 is 23.1 Å². The zero-order valence-corrected chi connectivity index (χ0v) is 16.1. The Bertz CT molecular complexity index is 1050. The number of Topliss-reactive ketones (excluding diaryl/α,β-unsaturated/α-hetero) is 1. The number of nitro benzene ring substituents is 1. The smallest absolute Gasteiger partial charge is 0.270 e. The lowest BCUT2D eigenvalue weighted by Gasteiger charge is -2.18. The van der Waals surface area contributed by atoms with E-state index in [0.717, 1.165) is 4.34 Å². The van der Waals surface area contributed by atoms with Crippen LogP contribution < -0.4 is 9.47 Å². The Morgan fingerprint density at radius 3 is 2.82 bits per heavy atom. The number of thioether (sulfide) groups is 1. The van der Waals surface area contributed by atoms with Gasteiger partial charge in [0.15, 0.2) is 21.6 Å². The number of carbonyl (C=O) groups excluding carboxylic acids is 1. The van der Waals surface area contributed by atoms with E-state index < -0.39 is 4.92 Å². The van der Waals surface area contributed by atoms with Crippen LogP contribution in [0.5, 0.6) is 11.5 Å². The third kappa shape index (κ3) is 4.00. The van der Waals surface area contributed by atoms with Crippen molar-refractivity contribution < 1.29 is 19.2 Å². The van der Waals surface area contributed by atoms with Gasteiger partial charge in [-0.05, 0) is 18.2 Å². The van der Waals surface area contributed by atoms with Crippen molar-refractivity contribution in [2.45, 2.75) is 4.34 Å². The normalized spacial score (nSPS) is 12.6. The monoisotopic (exact) mass is 414 g/mol. The Balaban J connectivity index is 1.42. The number of hydrogen-bond donors (Lipinski definition) is 0. The first-order valence-corrected chi connectivity index (χ1v) is 10.2. The summed E-state index contributed by atoms with van der Waals surface area (Å²) in [4.78, 5) is 27.5. The molecule has 0 aliphatic carbocycles. The van der Waals surface area contributed by atoms with Crippen molar-refractivity contribution in [2.75, 3.05) is 19.0 Å². The zero-order chi connectivity index (χ0) is 19.5. The van der Waals surface area contributed by atoms with Gasteiger partial charge < -0.3 is 9.47 Å². The number of nitrogens with zero attached hydrogens (tertiary/aromatic N) is 2. The average molecular weight is 414 g/mol. The molecule has 2 heterocycles. The molecule has 28 heavy (non-hydrogen) atoms. The molecular formula is C19H14N2O5S2. The fourth-order valence-electron chi connectivity index (χ4n) is 2.66. The highest BCUT2D eigenvalue weighted by atomic mass is 32.2. The molecule has 2 aromatic carbocycles. The molecule has 0 unspecified atom stereocenters. The van der Waals surface area contributed by atoms with Gasteiger partial charge in [0.2, 0.25) is 0 Å². The van der Waals surface area contributed by atoms with E-state index in [1.807, 2.05) is 5.38 Å². The summed E-state index contributed by atoms with van der Waals surface area (Å²) in [6, 6.07) is 11.5. The lowest BCUT2D eigenvalue weighted by atomic mass is 10.1. The van der Waals surface area contributed by atoms with E-state index in [-0.39, 0.29) is 17.2 Å². The standard InChI is InChI=1S/C19H14N2O5S2/c22-16(13-4-5-17-18(9-13)26-7-6-25-17)11-28-19-20-15(10-27-19)12-2-1-3-14(8-12)21(23)24/h1-5,8-10H,6-7,11H2. The summed E-state index contributed by atoms with van der Waals surface area (Å²) in [5, 5.41) is 12.8. The van der Waals surface area contributed by atoms with Crippen molar-refractivity contribution in [3.63, 3.8) is 0 Å². The van der Waals surface area contributed by atoms with Crippen molar-refractivity contribution in [3.05, 3.63) is 63.5 Å². The highest BCUT2D eigenvalue weighted by Crippen LogP contribution is 2.33. The number of non-ortho nitro benzene ring substituents is 1. The Morgan fingerprint density at radius 1 is 1.18 bits per heavy atom. The molecule has 0 amide bonds. The van der Waals surface area contributed by atoms with E-state index in [1.165, 1.54) is 35.2 Å². The van der Waals surface area contributed by atoms with Crippen molar-refractivity contribution in [1.29, 1.82) is 0 Å². The van der Waals surface area contributed by atoms with Gasteiger partial charge in [-0.2, -0.15) is 0 Å². The number of rotatable bonds is 6. The molecule has 0 N–H and O–H groups in total. The molecule has 1 aliphatic heterocycles. The molecular weight excluding hydrogens is 400 g/mol. The van der Waals surface area contributed by atoms with Gasteiger partial charge in [0.25, 0.3) is 5.69 Å². The van der Waals surface area contributed by atoms with Crippen molar-refractivity contribution in [2.24, 2.45) is 0 Å². The van der Waals surface area contributed by atoms with Gasteiger partial charge in [0.05, 0.1) is 16.4 Å². The van der Waals surface area contributed by atoms with Crippen LogP contribution in [-0.4, -0.2) is 34.7 Å². The van der Waals surface area contributed by atoms with E-state index in [1.54, 1.807) is 30.3 Å². The van der Waals surface area contributed by atoms with Crippen molar-refractivity contribution >= 4 is 34.6 Å². The van der Waals surface area contributed by atoms with Crippen molar-refractivity contribution in [1.82, 2.24) is 4.98 Å². The van der Waals surface area contributed by atoms with Gasteiger partial charge in [-0.3, -0.25) is 14.9 Å². The Hall–Kier alpha value is -2.91. The van der Waals surface area contributed by atoms with Crippen LogP contribution in [0.15, 0.2) is 52.2 Å². The second kappa shape index (κ2) is 7.99. The SMILES string of the molecule is O=C(CSc1nc(-c2cccc([N+](=O)[O-])c2)cs1)c1ccc2c(c1)OCCO2. The summed E-state index contributed by atoms with van der Waals surface area (Å²) < 4.78 is 11.7. The lowest BCUT2D eigenvalue weighted by Crippen LogP contribution is -2.16. The van der Waals surface area contributed by atoms with Crippen LogP contribution in [0.2, 0.25) is 0 Å². The second-order valence-corrected chi connectivity index (χ2v) is 7.96. The molecule has 0 fully saturated rings. The molecule has 0 saturated carbocycles. The van der Waals surface area contributed by atoms with E-state index in [4.69, 9.17) is 9.47 Å². The Labute approximate surface area is 168 Å². The maximum atomic E-state index is 12.5. The van der Waals surface area contributed by atoms with Crippen molar-refractivity contribution in [3.8, 4) is 22.8 Å². The molecule has 0 spiro atoms. The van der Waals surface area contributed by atoms with E-state index in [9.17, 15) is 14.9 Å². The third-order valence-corrected chi connectivity index (χ3v) is 6.05. The summed E-state index contributed by atoms with van der Waals surface area (Å²) in [6.45, 7) is 0.978. The van der Waals surface area contributed by atoms with E-state index in [2.05, 4.69) is 4.98 Å². The molecule has 1 aliphatic rings. The molecule has 0 atom stereocenters. The predicted octanol–water partition coefficient (Wildman–Crippen LogP) is 4.46. The highest BCUT2D eigenvalue weighted by molar-refractivity contribution is 8.01. The number of ketones is 1. The Morgan fingerprint density at radius 2 is 2.00 bits per heavy atom. The number of nitro groups is 1. The van der Waals surface area contributed by atoms with Gasteiger partial charge in [0, 0.05) is 28.6 Å². The maximum Gasteiger partial charge on any atom is 0.270 e. The lowest BCUT2D eigenvalue weighted by molar-refractivity contribution is -0.384. The van der Waals surface area contributed by atoms with Crippen LogP contribution in [-0.2, 0) is 0 Å². The number of fused-ring (bicyclic) bond motifs is 1. The van der Waals surface area contributed by atoms with Crippen LogP contribution in [0.25, 0.3) is 11.3 Å². The van der Waals surface area contributed by atoms with Gasteiger partial charge in [-0.1, -0.05) is 23.9 Å². The van der Waals surface area contributed by atoms with E-state index in [0.29, 0.717) is 41.5 Å². The summed E-state index contributed by atoms with van der Waals surface area (Å²) >= 11 is 2.74. The molecule has 4 rings (SSSR count). The van der Waals surface area contributed by atoms with Crippen LogP contribution in [0, 0.1) is 10.1 Å². The fourth-order valence-corrected chi connectivity index (χ4v) is 4.39. The highest BCUT2D eigenvalue weighted by Gasteiger charge is 2.16. The Kier molecular flexibility index (Phi) is 5.27. The number of thiazole rings is 1. The summed E-state index contributed by atoms with van der Waals surface area (Å²) in [7, 11) is 0. The number of benzene rings is 2. The predicted molar refractivity (Wildman–Crippen MR) is 107 cm³/mol. The molecule has 9 heteroatoms. The average Bonchev–Trinajstić information content (AvgIpc) is 3.21. The second-order valence-electron chi connectivity index (χ2n) is 5.88. The first-order valence-electron chi connectivity index (χ1n) is 8.36. The summed E-state index contributed by atoms with van der Waals surface area (Å²) in [5.41, 5.74) is 1.92. The number of hydrogen-bond acceptors (Lipinski definition) is 8. The molecule has 142 valence electrons. The van der Waals surface area contributed by atoms with Crippen LogP contribution in [0.4, 0.5) is 5.69 Å². The molecule has 7 nitrogen and oxygen atoms in total.